The zero-order valence-corrected chi connectivity index (χ0v) is 12.0. The quantitative estimate of drug-likeness (QED) is 0.861. The highest BCUT2D eigenvalue weighted by Crippen LogP contribution is 2.22. The molecule has 2 nitrogen and oxygen atoms in total. The number of benzene rings is 1. The van der Waals surface area contributed by atoms with Crippen molar-refractivity contribution in [1.82, 2.24) is 5.32 Å². The number of anilines is 1. The Morgan fingerprint density at radius 2 is 1.94 bits per heavy atom. The number of rotatable bonds is 4. The summed E-state index contributed by atoms with van der Waals surface area (Å²) in [4.78, 5) is 2.32. The van der Waals surface area contributed by atoms with Crippen LogP contribution < -0.4 is 10.2 Å². The monoisotopic (exact) mass is 234 g/mol. The molecule has 0 saturated heterocycles. The van der Waals surface area contributed by atoms with Crippen LogP contribution >= 0.6 is 0 Å². The molecule has 1 rings (SSSR count). The van der Waals surface area contributed by atoms with Crippen LogP contribution in [0.5, 0.6) is 0 Å². The first-order valence-electron chi connectivity index (χ1n) is 6.29. The first-order chi connectivity index (χ1) is 7.84. The Kier molecular flexibility index (Phi) is 4.58. The molecule has 1 unspecified atom stereocenters. The molecular weight excluding hydrogens is 208 g/mol. The molecule has 0 aliphatic rings. The highest BCUT2D eigenvalue weighted by atomic mass is 15.1. The van der Waals surface area contributed by atoms with Crippen molar-refractivity contribution >= 4 is 5.69 Å². The van der Waals surface area contributed by atoms with E-state index in [1.807, 2.05) is 7.05 Å². The van der Waals surface area contributed by atoms with Crippen molar-refractivity contribution in [2.24, 2.45) is 5.41 Å². The van der Waals surface area contributed by atoms with Crippen molar-refractivity contribution in [3.8, 4) is 0 Å². The third-order valence-corrected chi connectivity index (χ3v) is 3.29. The Balaban J connectivity index is 2.74. The van der Waals surface area contributed by atoms with Gasteiger partial charge in [-0.25, -0.2) is 0 Å². The second-order valence-electron chi connectivity index (χ2n) is 5.93. The number of nitrogens with zero attached hydrogens (tertiary/aromatic N) is 1. The summed E-state index contributed by atoms with van der Waals surface area (Å²) < 4.78 is 0. The molecule has 0 spiro atoms. The summed E-state index contributed by atoms with van der Waals surface area (Å²) in [5, 5.41) is 3.42. The van der Waals surface area contributed by atoms with Crippen molar-refractivity contribution in [3.63, 3.8) is 0 Å². The van der Waals surface area contributed by atoms with Crippen LogP contribution in [0.3, 0.4) is 0 Å². The van der Waals surface area contributed by atoms with Gasteiger partial charge in [0.1, 0.15) is 0 Å². The summed E-state index contributed by atoms with van der Waals surface area (Å²) in [6.07, 6.45) is 0. The first kappa shape index (κ1) is 14.0. The van der Waals surface area contributed by atoms with E-state index in [-0.39, 0.29) is 5.41 Å². The highest BCUT2D eigenvalue weighted by molar-refractivity contribution is 5.47. The molecule has 0 heterocycles. The molecule has 0 fully saturated rings. The summed E-state index contributed by atoms with van der Waals surface area (Å²) in [7, 11) is 4.20. The van der Waals surface area contributed by atoms with Gasteiger partial charge in [0, 0.05) is 25.3 Å². The molecule has 1 N–H and O–H groups in total. The van der Waals surface area contributed by atoms with Gasteiger partial charge in [-0.15, -0.1) is 0 Å². The lowest BCUT2D eigenvalue weighted by atomic mass is 9.86. The van der Waals surface area contributed by atoms with Gasteiger partial charge in [0.05, 0.1) is 0 Å². The second kappa shape index (κ2) is 5.54. The number of nitrogens with one attached hydrogen (secondary N) is 1. The van der Waals surface area contributed by atoms with E-state index in [1.54, 1.807) is 0 Å². The molecule has 17 heavy (non-hydrogen) atoms. The predicted molar refractivity (Wildman–Crippen MR) is 76.8 cm³/mol. The molecule has 0 aromatic heterocycles. The van der Waals surface area contributed by atoms with Gasteiger partial charge >= 0.3 is 0 Å². The third kappa shape index (κ3) is 4.04. The van der Waals surface area contributed by atoms with Gasteiger partial charge in [0.2, 0.25) is 0 Å². The van der Waals surface area contributed by atoms with Crippen molar-refractivity contribution in [2.75, 3.05) is 25.5 Å². The number of likely N-dealkylation sites (N-methyl/N-ethyl adjacent to an activating group) is 2. The second-order valence-corrected chi connectivity index (χ2v) is 5.93. The predicted octanol–water partition coefficient (Wildman–Crippen LogP) is 3.07. The van der Waals surface area contributed by atoms with E-state index in [1.165, 1.54) is 11.3 Å². The molecule has 0 saturated carbocycles. The van der Waals surface area contributed by atoms with Crippen molar-refractivity contribution < 1.29 is 0 Å². The number of aryl methyl sites for hydroxylation is 1. The zero-order chi connectivity index (χ0) is 13.1. The molecule has 0 aliphatic carbocycles. The van der Waals surface area contributed by atoms with Crippen molar-refractivity contribution in [3.05, 3.63) is 29.8 Å². The zero-order valence-electron chi connectivity index (χ0n) is 12.0. The summed E-state index contributed by atoms with van der Waals surface area (Å²) in [6.45, 7) is 9.98. The fourth-order valence-corrected chi connectivity index (χ4v) is 2.04. The third-order valence-electron chi connectivity index (χ3n) is 3.29. The molecule has 96 valence electrons. The average molecular weight is 234 g/mol. The standard InChI is InChI=1S/C15H26N2/c1-12-8-7-9-13(10-12)17(6)11-14(16-5)15(2,3)4/h7-10,14,16H,11H2,1-6H3. The van der Waals surface area contributed by atoms with Gasteiger partial charge in [0.15, 0.2) is 0 Å². The van der Waals surface area contributed by atoms with Gasteiger partial charge in [0.25, 0.3) is 0 Å². The molecule has 1 aromatic rings. The van der Waals surface area contributed by atoms with Crippen LogP contribution in [0.4, 0.5) is 5.69 Å². The van der Waals surface area contributed by atoms with E-state index in [0.717, 1.165) is 6.54 Å². The van der Waals surface area contributed by atoms with E-state index in [4.69, 9.17) is 0 Å². The van der Waals surface area contributed by atoms with E-state index in [9.17, 15) is 0 Å². The number of hydrogen-bond donors (Lipinski definition) is 1. The molecular formula is C15H26N2. The van der Waals surface area contributed by atoms with Gasteiger partial charge in [-0.3, -0.25) is 0 Å². The van der Waals surface area contributed by atoms with Gasteiger partial charge < -0.3 is 10.2 Å². The van der Waals surface area contributed by atoms with Crippen LogP contribution in [0.2, 0.25) is 0 Å². The van der Waals surface area contributed by atoms with E-state index >= 15 is 0 Å². The molecule has 0 aliphatic heterocycles. The topological polar surface area (TPSA) is 15.3 Å². The van der Waals surface area contributed by atoms with Crippen LogP contribution in [0.15, 0.2) is 24.3 Å². The Morgan fingerprint density at radius 3 is 2.41 bits per heavy atom. The van der Waals surface area contributed by atoms with E-state index in [2.05, 4.69) is 69.2 Å². The molecule has 0 amide bonds. The maximum atomic E-state index is 3.42. The molecule has 1 atom stereocenters. The van der Waals surface area contributed by atoms with Crippen LogP contribution in [-0.4, -0.2) is 26.7 Å². The average Bonchev–Trinajstić information content (AvgIpc) is 2.23. The minimum Gasteiger partial charge on any atom is -0.373 e. The van der Waals surface area contributed by atoms with Crippen LogP contribution in [0, 0.1) is 12.3 Å². The maximum Gasteiger partial charge on any atom is 0.0366 e. The van der Waals surface area contributed by atoms with Crippen LogP contribution in [0.25, 0.3) is 0 Å². The minimum absolute atomic E-state index is 0.271. The van der Waals surface area contributed by atoms with E-state index < -0.39 is 0 Å². The minimum atomic E-state index is 0.271. The lowest BCUT2D eigenvalue weighted by Crippen LogP contribution is -2.46. The van der Waals surface area contributed by atoms with E-state index in [0.29, 0.717) is 6.04 Å². The van der Waals surface area contributed by atoms with Crippen molar-refractivity contribution in [2.45, 2.75) is 33.7 Å². The molecule has 2 heteroatoms. The maximum absolute atomic E-state index is 3.42. The largest absolute Gasteiger partial charge is 0.373 e. The van der Waals surface area contributed by atoms with Crippen LogP contribution in [-0.2, 0) is 0 Å². The van der Waals surface area contributed by atoms with Gasteiger partial charge in [-0.05, 0) is 37.1 Å². The lowest BCUT2D eigenvalue weighted by Gasteiger charge is -2.34. The lowest BCUT2D eigenvalue weighted by molar-refractivity contribution is 0.285. The number of hydrogen-bond acceptors (Lipinski definition) is 2. The SMILES string of the molecule is CNC(CN(C)c1cccc(C)c1)C(C)(C)C. The fourth-order valence-electron chi connectivity index (χ4n) is 2.04. The van der Waals surface area contributed by atoms with Gasteiger partial charge in [-0.1, -0.05) is 32.9 Å². The van der Waals surface area contributed by atoms with Crippen molar-refractivity contribution in [1.29, 1.82) is 0 Å². The highest BCUT2D eigenvalue weighted by Gasteiger charge is 2.24. The summed E-state index contributed by atoms with van der Waals surface area (Å²) in [5.41, 5.74) is 2.87. The smallest absolute Gasteiger partial charge is 0.0366 e. The Hall–Kier alpha value is -1.02. The molecule has 0 bridgehead atoms. The first-order valence-corrected chi connectivity index (χ1v) is 6.29. The van der Waals surface area contributed by atoms with Crippen LogP contribution in [0.1, 0.15) is 26.3 Å². The Bertz CT molecular complexity index is 352. The summed E-state index contributed by atoms with van der Waals surface area (Å²) >= 11 is 0. The Labute approximate surface area is 106 Å². The summed E-state index contributed by atoms with van der Waals surface area (Å²) in [6, 6.07) is 9.13. The fraction of sp³-hybridized carbons (Fsp3) is 0.600. The molecule has 0 radical (unpaired) electrons. The summed E-state index contributed by atoms with van der Waals surface area (Å²) in [5.74, 6) is 0. The Morgan fingerprint density at radius 1 is 1.29 bits per heavy atom. The molecule has 1 aromatic carbocycles. The normalized spacial score (nSPS) is 13.5. The van der Waals surface area contributed by atoms with Gasteiger partial charge in [-0.2, -0.15) is 0 Å².